The number of rotatable bonds is 4. The summed E-state index contributed by atoms with van der Waals surface area (Å²) in [5.74, 6) is -0.0601. The number of benzene rings is 2. The fraction of sp³-hybridized carbons (Fsp3) is 0.208. The largest absolute Gasteiger partial charge is 0.292 e. The summed E-state index contributed by atoms with van der Waals surface area (Å²) in [6, 6.07) is 14.0. The Bertz CT molecular complexity index is 1300. The molecule has 0 bridgehead atoms. The van der Waals surface area contributed by atoms with E-state index in [1.54, 1.807) is 0 Å². The molecule has 0 saturated carbocycles. The van der Waals surface area contributed by atoms with E-state index in [2.05, 4.69) is 4.98 Å². The van der Waals surface area contributed by atoms with Crippen molar-refractivity contribution in [3.05, 3.63) is 86.8 Å². The topological polar surface area (TPSA) is 52.0 Å². The van der Waals surface area contributed by atoms with Crippen molar-refractivity contribution in [2.75, 3.05) is 0 Å². The molecule has 0 unspecified atom stereocenters. The van der Waals surface area contributed by atoms with Crippen molar-refractivity contribution in [1.29, 1.82) is 0 Å². The highest BCUT2D eigenvalue weighted by Gasteiger charge is 2.17. The average Bonchev–Trinajstić information content (AvgIpc) is 3.37. The average molecular weight is 401 g/mol. The summed E-state index contributed by atoms with van der Waals surface area (Å²) < 4.78 is 1.43. The van der Waals surface area contributed by atoms with Crippen LogP contribution in [0.5, 0.6) is 0 Å². The molecule has 4 nitrogen and oxygen atoms in total. The molecule has 144 valence electrons. The quantitative estimate of drug-likeness (QED) is 0.462. The minimum absolute atomic E-state index is 0.00371. The molecule has 5 rings (SSSR count). The first kappa shape index (κ1) is 18.0. The number of thiophene rings is 1. The second-order valence-electron chi connectivity index (χ2n) is 7.63. The maximum absolute atomic E-state index is 13.2. The highest BCUT2D eigenvalue weighted by atomic mass is 32.1. The van der Waals surface area contributed by atoms with Crippen LogP contribution < -0.4 is 5.56 Å². The van der Waals surface area contributed by atoms with E-state index in [1.165, 1.54) is 38.9 Å². The Balaban J connectivity index is 1.51. The molecule has 0 aliphatic heterocycles. The number of Topliss-reactive ketones (excluding diaryl/α,β-unsaturated/α-hetero) is 1. The number of hydrogen-bond acceptors (Lipinski definition) is 4. The summed E-state index contributed by atoms with van der Waals surface area (Å²) in [5, 5.41) is 2.55. The zero-order valence-corrected chi connectivity index (χ0v) is 17.0. The predicted octanol–water partition coefficient (Wildman–Crippen LogP) is 4.81. The summed E-state index contributed by atoms with van der Waals surface area (Å²) in [7, 11) is 0. The van der Waals surface area contributed by atoms with Gasteiger partial charge in [-0.15, -0.1) is 11.3 Å². The van der Waals surface area contributed by atoms with Crippen molar-refractivity contribution in [3.63, 3.8) is 0 Å². The lowest BCUT2D eigenvalue weighted by Crippen LogP contribution is -2.24. The van der Waals surface area contributed by atoms with Crippen LogP contribution in [-0.2, 0) is 19.4 Å². The Hall–Kier alpha value is -3.05. The van der Waals surface area contributed by atoms with Crippen LogP contribution in [0.3, 0.4) is 0 Å². The first-order valence-electron chi connectivity index (χ1n) is 9.79. The van der Waals surface area contributed by atoms with Gasteiger partial charge in [0.05, 0.1) is 18.3 Å². The van der Waals surface area contributed by atoms with E-state index in [4.69, 9.17) is 0 Å². The lowest BCUT2D eigenvalue weighted by Gasteiger charge is -2.07. The smallest absolute Gasteiger partial charge is 0.263 e. The van der Waals surface area contributed by atoms with Crippen LogP contribution in [0, 0.1) is 6.92 Å². The Morgan fingerprint density at radius 1 is 1.10 bits per heavy atom. The zero-order chi connectivity index (χ0) is 20.0. The number of fused-ring (bicyclic) bond motifs is 2. The van der Waals surface area contributed by atoms with Gasteiger partial charge in [0.2, 0.25) is 0 Å². The molecule has 0 amide bonds. The molecule has 0 radical (unpaired) electrons. The first-order valence-corrected chi connectivity index (χ1v) is 10.7. The molecule has 5 heteroatoms. The molecule has 2 aromatic carbocycles. The number of nitrogens with zero attached hydrogens (tertiary/aromatic N) is 2. The summed E-state index contributed by atoms with van der Waals surface area (Å²) in [4.78, 5) is 31.2. The van der Waals surface area contributed by atoms with Crippen LogP contribution in [0.25, 0.3) is 21.3 Å². The van der Waals surface area contributed by atoms with E-state index in [0.717, 1.165) is 30.4 Å². The lowest BCUT2D eigenvalue weighted by molar-refractivity contribution is 0.0970. The SMILES string of the molecule is Cc1ccc(-c2csc3ncn(CC(=O)c4ccc5c(c4)CCC5)c(=O)c23)cc1. The maximum atomic E-state index is 13.2. The van der Waals surface area contributed by atoms with Crippen molar-refractivity contribution in [2.45, 2.75) is 32.7 Å². The third-order valence-corrected chi connectivity index (χ3v) is 6.54. The summed E-state index contributed by atoms with van der Waals surface area (Å²) >= 11 is 1.46. The highest BCUT2D eigenvalue weighted by molar-refractivity contribution is 7.17. The molecule has 0 N–H and O–H groups in total. The van der Waals surface area contributed by atoms with E-state index in [1.807, 2.05) is 54.8 Å². The van der Waals surface area contributed by atoms with Gasteiger partial charge in [0.25, 0.3) is 5.56 Å². The van der Waals surface area contributed by atoms with E-state index in [0.29, 0.717) is 15.8 Å². The molecule has 0 saturated heterocycles. The Morgan fingerprint density at radius 2 is 1.90 bits per heavy atom. The standard InChI is InChI=1S/C24H20N2O2S/c1-15-5-7-17(8-6-15)20-13-29-23-22(20)24(28)26(14-25-23)12-21(27)19-10-9-16-3-2-4-18(16)11-19/h5-11,13-14H,2-4,12H2,1H3. The second-order valence-corrected chi connectivity index (χ2v) is 8.49. The van der Waals surface area contributed by atoms with Crippen molar-refractivity contribution in [2.24, 2.45) is 0 Å². The van der Waals surface area contributed by atoms with Gasteiger partial charge in [0.15, 0.2) is 5.78 Å². The highest BCUT2D eigenvalue weighted by Crippen LogP contribution is 2.30. The van der Waals surface area contributed by atoms with E-state index < -0.39 is 0 Å². The van der Waals surface area contributed by atoms with Gasteiger partial charge >= 0.3 is 0 Å². The fourth-order valence-electron chi connectivity index (χ4n) is 4.02. The molecule has 2 heterocycles. The van der Waals surface area contributed by atoms with Gasteiger partial charge in [-0.25, -0.2) is 4.98 Å². The minimum atomic E-state index is -0.165. The molecular formula is C24H20N2O2S. The van der Waals surface area contributed by atoms with E-state index in [9.17, 15) is 9.59 Å². The molecule has 0 atom stereocenters. The number of carbonyl (C=O) groups is 1. The van der Waals surface area contributed by atoms with Crippen LogP contribution >= 0.6 is 11.3 Å². The number of carbonyl (C=O) groups excluding carboxylic acids is 1. The van der Waals surface area contributed by atoms with Gasteiger partial charge in [-0.2, -0.15) is 0 Å². The maximum Gasteiger partial charge on any atom is 0.263 e. The van der Waals surface area contributed by atoms with Crippen LogP contribution in [0.2, 0.25) is 0 Å². The summed E-state index contributed by atoms with van der Waals surface area (Å²) in [6.07, 6.45) is 4.75. The predicted molar refractivity (Wildman–Crippen MR) is 117 cm³/mol. The molecule has 4 aromatic rings. The van der Waals surface area contributed by atoms with Crippen LogP contribution in [0.4, 0.5) is 0 Å². The first-order chi connectivity index (χ1) is 14.1. The molecule has 0 fully saturated rings. The molecule has 1 aliphatic rings. The van der Waals surface area contributed by atoms with Crippen molar-refractivity contribution in [3.8, 4) is 11.1 Å². The van der Waals surface area contributed by atoms with Gasteiger partial charge in [0, 0.05) is 16.5 Å². The van der Waals surface area contributed by atoms with Gasteiger partial charge in [-0.3, -0.25) is 14.2 Å². The van der Waals surface area contributed by atoms with Crippen LogP contribution in [0.15, 0.2) is 59.0 Å². The van der Waals surface area contributed by atoms with E-state index in [-0.39, 0.29) is 17.9 Å². The van der Waals surface area contributed by atoms with Gasteiger partial charge in [0.1, 0.15) is 4.83 Å². The zero-order valence-electron chi connectivity index (χ0n) is 16.1. The molecule has 1 aliphatic carbocycles. The Morgan fingerprint density at radius 3 is 2.72 bits per heavy atom. The number of aromatic nitrogens is 2. The van der Waals surface area contributed by atoms with Crippen molar-refractivity contribution in [1.82, 2.24) is 9.55 Å². The van der Waals surface area contributed by atoms with Crippen molar-refractivity contribution >= 4 is 27.3 Å². The monoisotopic (exact) mass is 400 g/mol. The number of hydrogen-bond donors (Lipinski definition) is 0. The third kappa shape index (κ3) is 3.21. The number of aryl methyl sites for hydroxylation is 3. The van der Waals surface area contributed by atoms with E-state index >= 15 is 0 Å². The Labute approximate surface area is 172 Å². The Kier molecular flexibility index (Phi) is 4.40. The third-order valence-electron chi connectivity index (χ3n) is 5.66. The molecular weight excluding hydrogens is 380 g/mol. The molecule has 0 spiro atoms. The minimum Gasteiger partial charge on any atom is -0.292 e. The summed E-state index contributed by atoms with van der Waals surface area (Å²) in [5.41, 5.74) is 6.14. The summed E-state index contributed by atoms with van der Waals surface area (Å²) in [6.45, 7) is 2.04. The fourth-order valence-corrected chi connectivity index (χ4v) is 4.92. The number of ketones is 1. The van der Waals surface area contributed by atoms with Crippen molar-refractivity contribution < 1.29 is 4.79 Å². The van der Waals surface area contributed by atoms with Gasteiger partial charge < -0.3 is 0 Å². The van der Waals surface area contributed by atoms with Crippen LogP contribution in [-0.4, -0.2) is 15.3 Å². The molecule has 29 heavy (non-hydrogen) atoms. The normalized spacial score (nSPS) is 13.0. The second kappa shape index (κ2) is 7.08. The molecule has 2 aromatic heterocycles. The van der Waals surface area contributed by atoms with Gasteiger partial charge in [-0.1, -0.05) is 42.0 Å². The van der Waals surface area contributed by atoms with Crippen LogP contribution in [0.1, 0.15) is 33.5 Å². The lowest BCUT2D eigenvalue weighted by atomic mass is 10.0. The van der Waals surface area contributed by atoms with Gasteiger partial charge in [-0.05, 0) is 48.9 Å².